The standard InChI is InChI=1S/C12H23N5/c1-10(2)16(11(3)4)9-7-14-12(13)17-8-5-6-15-17/h5-6,8,10-11H,7,9H2,1-4H3,(H2,13,14). The topological polar surface area (TPSA) is 59.4 Å². The van der Waals surface area contributed by atoms with Gasteiger partial charge >= 0.3 is 0 Å². The van der Waals surface area contributed by atoms with Crippen LogP contribution in [0.5, 0.6) is 0 Å². The maximum atomic E-state index is 5.81. The first-order chi connectivity index (χ1) is 8.02. The lowest BCUT2D eigenvalue weighted by molar-refractivity contribution is 0.181. The summed E-state index contributed by atoms with van der Waals surface area (Å²) in [5, 5.41) is 4.03. The van der Waals surface area contributed by atoms with E-state index in [9.17, 15) is 0 Å². The zero-order valence-electron chi connectivity index (χ0n) is 11.2. The second-order valence-electron chi connectivity index (χ2n) is 4.62. The predicted molar refractivity (Wildman–Crippen MR) is 71.1 cm³/mol. The summed E-state index contributed by atoms with van der Waals surface area (Å²) < 4.78 is 1.58. The van der Waals surface area contributed by atoms with Gasteiger partial charge in [-0.15, -0.1) is 0 Å². The molecule has 0 aliphatic carbocycles. The van der Waals surface area contributed by atoms with Gasteiger partial charge in [0.25, 0.3) is 0 Å². The van der Waals surface area contributed by atoms with Gasteiger partial charge in [-0.3, -0.25) is 9.89 Å². The Balaban J connectivity index is 2.48. The SMILES string of the molecule is CC(C)N(CC/N=C(\N)n1cccn1)C(C)C. The molecule has 1 rings (SSSR count). The number of nitrogens with two attached hydrogens (primary N) is 1. The zero-order valence-corrected chi connectivity index (χ0v) is 11.2. The Kier molecular flexibility index (Phi) is 5.15. The highest BCUT2D eigenvalue weighted by molar-refractivity contribution is 5.79. The maximum absolute atomic E-state index is 5.81. The first-order valence-electron chi connectivity index (χ1n) is 6.08. The normalized spacial score (nSPS) is 13.0. The highest BCUT2D eigenvalue weighted by atomic mass is 15.3. The van der Waals surface area contributed by atoms with Crippen molar-refractivity contribution in [3.8, 4) is 0 Å². The summed E-state index contributed by atoms with van der Waals surface area (Å²) in [4.78, 5) is 6.71. The average Bonchev–Trinajstić information content (AvgIpc) is 2.76. The molecule has 0 aromatic carbocycles. The van der Waals surface area contributed by atoms with Crippen molar-refractivity contribution in [2.45, 2.75) is 39.8 Å². The van der Waals surface area contributed by atoms with Crippen LogP contribution in [0.3, 0.4) is 0 Å². The molecule has 5 nitrogen and oxygen atoms in total. The molecule has 1 aromatic rings. The number of rotatable bonds is 5. The highest BCUT2D eigenvalue weighted by Gasteiger charge is 2.12. The molecule has 96 valence electrons. The molecular weight excluding hydrogens is 214 g/mol. The predicted octanol–water partition coefficient (Wildman–Crippen LogP) is 1.16. The van der Waals surface area contributed by atoms with Gasteiger partial charge in [0.2, 0.25) is 5.96 Å². The van der Waals surface area contributed by atoms with Crippen LogP contribution >= 0.6 is 0 Å². The van der Waals surface area contributed by atoms with E-state index in [1.54, 1.807) is 17.1 Å². The van der Waals surface area contributed by atoms with Crippen molar-refractivity contribution in [1.82, 2.24) is 14.7 Å². The maximum Gasteiger partial charge on any atom is 0.216 e. The second-order valence-corrected chi connectivity index (χ2v) is 4.62. The van der Waals surface area contributed by atoms with Crippen molar-refractivity contribution in [2.75, 3.05) is 13.1 Å². The van der Waals surface area contributed by atoms with E-state index in [0.29, 0.717) is 24.6 Å². The largest absolute Gasteiger partial charge is 0.368 e. The monoisotopic (exact) mass is 237 g/mol. The third kappa shape index (κ3) is 4.19. The van der Waals surface area contributed by atoms with Crippen molar-refractivity contribution in [2.24, 2.45) is 10.7 Å². The van der Waals surface area contributed by atoms with Gasteiger partial charge in [-0.05, 0) is 33.8 Å². The minimum atomic E-state index is 0.447. The summed E-state index contributed by atoms with van der Waals surface area (Å²) in [6.45, 7) is 10.4. The third-order valence-electron chi connectivity index (χ3n) is 2.70. The lowest BCUT2D eigenvalue weighted by atomic mass is 10.2. The fraction of sp³-hybridized carbons (Fsp3) is 0.667. The number of hydrogen-bond donors (Lipinski definition) is 1. The average molecular weight is 237 g/mol. The van der Waals surface area contributed by atoms with Crippen molar-refractivity contribution >= 4 is 5.96 Å². The summed E-state index contributed by atoms with van der Waals surface area (Å²) in [5.74, 6) is 0.447. The van der Waals surface area contributed by atoms with Crippen LogP contribution in [-0.4, -0.2) is 45.8 Å². The highest BCUT2D eigenvalue weighted by Crippen LogP contribution is 2.03. The molecule has 0 fully saturated rings. The van der Waals surface area contributed by atoms with E-state index in [1.165, 1.54) is 0 Å². The van der Waals surface area contributed by atoms with Crippen molar-refractivity contribution in [3.05, 3.63) is 18.5 Å². The van der Waals surface area contributed by atoms with Crippen molar-refractivity contribution in [3.63, 3.8) is 0 Å². The van der Waals surface area contributed by atoms with Crippen LogP contribution in [0, 0.1) is 0 Å². The van der Waals surface area contributed by atoms with Gasteiger partial charge < -0.3 is 5.73 Å². The number of nitrogens with zero attached hydrogens (tertiary/aromatic N) is 4. The summed E-state index contributed by atoms with van der Waals surface area (Å²) in [6.07, 6.45) is 3.48. The van der Waals surface area contributed by atoms with Gasteiger partial charge in [0.1, 0.15) is 0 Å². The first kappa shape index (κ1) is 13.7. The van der Waals surface area contributed by atoms with Crippen LogP contribution in [-0.2, 0) is 0 Å². The first-order valence-corrected chi connectivity index (χ1v) is 6.08. The van der Waals surface area contributed by atoms with Crippen LogP contribution < -0.4 is 5.73 Å². The lowest BCUT2D eigenvalue weighted by Crippen LogP contribution is -2.39. The molecule has 2 N–H and O–H groups in total. The zero-order chi connectivity index (χ0) is 12.8. The fourth-order valence-electron chi connectivity index (χ4n) is 1.87. The number of hydrogen-bond acceptors (Lipinski definition) is 3. The molecule has 0 radical (unpaired) electrons. The Morgan fingerprint density at radius 2 is 2.00 bits per heavy atom. The molecule has 17 heavy (non-hydrogen) atoms. The summed E-state index contributed by atoms with van der Waals surface area (Å²) in [6, 6.07) is 2.88. The van der Waals surface area contributed by atoms with Crippen LogP contribution in [0.1, 0.15) is 27.7 Å². The molecule has 5 heteroatoms. The molecule has 0 saturated heterocycles. The molecule has 0 unspecified atom stereocenters. The quantitative estimate of drug-likeness (QED) is 0.617. The molecule has 0 amide bonds. The van der Waals surface area contributed by atoms with Gasteiger partial charge in [-0.1, -0.05) is 0 Å². The molecule has 0 aliphatic heterocycles. The molecular formula is C12H23N5. The Bertz CT molecular complexity index is 332. The van der Waals surface area contributed by atoms with E-state index >= 15 is 0 Å². The fourth-order valence-corrected chi connectivity index (χ4v) is 1.87. The Hall–Kier alpha value is -1.36. The number of aromatic nitrogens is 2. The van der Waals surface area contributed by atoms with Gasteiger partial charge in [0, 0.05) is 31.0 Å². The molecule has 0 bridgehead atoms. The van der Waals surface area contributed by atoms with E-state index < -0.39 is 0 Å². The number of aliphatic imine (C=N–C) groups is 1. The molecule has 1 heterocycles. The van der Waals surface area contributed by atoms with E-state index in [0.717, 1.165) is 6.54 Å². The summed E-state index contributed by atoms with van der Waals surface area (Å²) >= 11 is 0. The molecule has 0 spiro atoms. The Morgan fingerprint density at radius 3 is 2.47 bits per heavy atom. The van der Waals surface area contributed by atoms with Crippen LogP contribution in [0.15, 0.2) is 23.5 Å². The van der Waals surface area contributed by atoms with Crippen molar-refractivity contribution in [1.29, 1.82) is 0 Å². The molecule has 0 aliphatic rings. The molecule has 1 aromatic heterocycles. The van der Waals surface area contributed by atoms with E-state index in [2.05, 4.69) is 42.7 Å². The minimum Gasteiger partial charge on any atom is -0.368 e. The van der Waals surface area contributed by atoms with Gasteiger partial charge in [-0.25, -0.2) is 4.68 Å². The molecule has 0 atom stereocenters. The van der Waals surface area contributed by atoms with Crippen LogP contribution in [0.4, 0.5) is 0 Å². The smallest absolute Gasteiger partial charge is 0.216 e. The van der Waals surface area contributed by atoms with Gasteiger partial charge in [0.15, 0.2) is 0 Å². The van der Waals surface area contributed by atoms with E-state index in [-0.39, 0.29) is 0 Å². The van der Waals surface area contributed by atoms with E-state index in [4.69, 9.17) is 5.73 Å². The third-order valence-corrected chi connectivity index (χ3v) is 2.70. The lowest BCUT2D eigenvalue weighted by Gasteiger charge is -2.29. The Labute approximate surface area is 103 Å². The summed E-state index contributed by atoms with van der Waals surface area (Å²) in [7, 11) is 0. The van der Waals surface area contributed by atoms with Crippen LogP contribution in [0.2, 0.25) is 0 Å². The second kappa shape index (κ2) is 6.39. The van der Waals surface area contributed by atoms with Crippen molar-refractivity contribution < 1.29 is 0 Å². The van der Waals surface area contributed by atoms with Gasteiger partial charge in [0.05, 0.1) is 6.54 Å². The van der Waals surface area contributed by atoms with E-state index in [1.807, 2.05) is 6.07 Å². The van der Waals surface area contributed by atoms with Crippen LogP contribution in [0.25, 0.3) is 0 Å². The van der Waals surface area contributed by atoms with Gasteiger partial charge in [-0.2, -0.15) is 5.10 Å². The molecule has 0 saturated carbocycles. The minimum absolute atomic E-state index is 0.447. The Morgan fingerprint density at radius 1 is 1.35 bits per heavy atom. The summed E-state index contributed by atoms with van der Waals surface area (Å²) in [5.41, 5.74) is 5.81.